The predicted molar refractivity (Wildman–Crippen MR) is 117 cm³/mol. The molecule has 1 N–H and O–H groups in total. The summed E-state index contributed by atoms with van der Waals surface area (Å²) in [6.07, 6.45) is 0.167. The molecule has 8 nitrogen and oxygen atoms in total. The highest BCUT2D eigenvalue weighted by Crippen LogP contribution is 2.23. The molecule has 164 valence electrons. The van der Waals surface area contributed by atoms with Gasteiger partial charge in [0.05, 0.1) is 12.9 Å². The van der Waals surface area contributed by atoms with Gasteiger partial charge in [-0.25, -0.2) is 13.5 Å². The summed E-state index contributed by atoms with van der Waals surface area (Å²) in [5.41, 5.74) is 1.63. The molecule has 1 aliphatic heterocycles. The van der Waals surface area contributed by atoms with Crippen molar-refractivity contribution in [1.82, 2.24) is 9.37 Å². The SMILES string of the molecule is COc1cccc(N2CCN(S(=O)(=O)CC(C#Cc3ccccc3)N(O)C=O)CC2)c1. The van der Waals surface area contributed by atoms with Crippen LogP contribution in [-0.2, 0) is 14.8 Å². The summed E-state index contributed by atoms with van der Waals surface area (Å²) in [5, 5.41) is 10.2. The number of anilines is 1. The molecule has 1 amide bonds. The molecule has 0 spiro atoms. The van der Waals surface area contributed by atoms with E-state index in [0.29, 0.717) is 36.8 Å². The number of hydroxylamine groups is 2. The van der Waals surface area contributed by atoms with Gasteiger partial charge in [-0.15, -0.1) is 0 Å². The maximum absolute atomic E-state index is 12.9. The van der Waals surface area contributed by atoms with Crippen LogP contribution in [0.15, 0.2) is 54.6 Å². The van der Waals surface area contributed by atoms with Crippen molar-refractivity contribution in [2.24, 2.45) is 0 Å². The Morgan fingerprint density at radius 1 is 1.13 bits per heavy atom. The zero-order valence-electron chi connectivity index (χ0n) is 17.2. The summed E-state index contributed by atoms with van der Waals surface area (Å²) < 4.78 is 32.5. The fraction of sp³-hybridized carbons (Fsp3) is 0.318. The van der Waals surface area contributed by atoms with Gasteiger partial charge in [0.25, 0.3) is 0 Å². The highest BCUT2D eigenvalue weighted by molar-refractivity contribution is 7.89. The van der Waals surface area contributed by atoms with E-state index in [1.807, 2.05) is 30.3 Å². The minimum absolute atomic E-state index is 0.167. The van der Waals surface area contributed by atoms with E-state index in [0.717, 1.165) is 11.4 Å². The summed E-state index contributed by atoms with van der Waals surface area (Å²) in [4.78, 5) is 13.1. The minimum Gasteiger partial charge on any atom is -0.497 e. The average molecular weight is 444 g/mol. The number of hydrogen-bond donors (Lipinski definition) is 1. The van der Waals surface area contributed by atoms with E-state index in [9.17, 15) is 18.4 Å². The van der Waals surface area contributed by atoms with Crippen LogP contribution < -0.4 is 9.64 Å². The highest BCUT2D eigenvalue weighted by atomic mass is 32.2. The number of hydrogen-bond acceptors (Lipinski definition) is 6. The van der Waals surface area contributed by atoms with Crippen molar-refractivity contribution in [1.29, 1.82) is 0 Å². The summed E-state index contributed by atoms with van der Waals surface area (Å²) >= 11 is 0. The monoisotopic (exact) mass is 443 g/mol. The largest absolute Gasteiger partial charge is 0.497 e. The van der Waals surface area contributed by atoms with Crippen LogP contribution in [0, 0.1) is 11.8 Å². The molecule has 0 aromatic heterocycles. The topological polar surface area (TPSA) is 90.4 Å². The van der Waals surface area contributed by atoms with Gasteiger partial charge in [-0.3, -0.25) is 10.0 Å². The second-order valence-corrected chi connectivity index (χ2v) is 9.02. The lowest BCUT2D eigenvalue weighted by Crippen LogP contribution is -2.51. The predicted octanol–water partition coefficient (Wildman–Crippen LogP) is 1.41. The molecule has 1 heterocycles. The highest BCUT2D eigenvalue weighted by Gasteiger charge is 2.31. The Kier molecular flexibility index (Phi) is 7.52. The lowest BCUT2D eigenvalue weighted by Gasteiger charge is -2.36. The molecule has 2 aromatic rings. The Bertz CT molecular complexity index is 1040. The van der Waals surface area contributed by atoms with Gasteiger partial charge in [0, 0.05) is 43.5 Å². The van der Waals surface area contributed by atoms with Gasteiger partial charge in [0.15, 0.2) is 0 Å². The molecule has 2 aromatic carbocycles. The van der Waals surface area contributed by atoms with Gasteiger partial charge in [-0.05, 0) is 24.3 Å². The average Bonchev–Trinajstić information content (AvgIpc) is 2.82. The maximum Gasteiger partial charge on any atom is 0.234 e. The van der Waals surface area contributed by atoms with E-state index in [1.165, 1.54) is 4.31 Å². The maximum atomic E-state index is 12.9. The zero-order chi connectivity index (χ0) is 22.3. The van der Waals surface area contributed by atoms with Crippen LogP contribution in [0.25, 0.3) is 0 Å². The van der Waals surface area contributed by atoms with Gasteiger partial charge >= 0.3 is 0 Å². The third-order valence-electron chi connectivity index (χ3n) is 5.00. The third kappa shape index (κ3) is 5.98. The van der Waals surface area contributed by atoms with Crippen LogP contribution in [0.2, 0.25) is 0 Å². The molecule has 0 saturated carbocycles. The van der Waals surface area contributed by atoms with Gasteiger partial charge in [-0.2, -0.15) is 4.31 Å². The summed E-state index contributed by atoms with van der Waals surface area (Å²) in [7, 11) is -2.14. The van der Waals surface area contributed by atoms with E-state index in [2.05, 4.69) is 16.7 Å². The quantitative estimate of drug-likeness (QED) is 0.301. The lowest BCUT2D eigenvalue weighted by molar-refractivity contribution is -0.153. The van der Waals surface area contributed by atoms with Crippen molar-refractivity contribution in [3.63, 3.8) is 0 Å². The molecular formula is C22H25N3O5S. The molecule has 9 heteroatoms. The van der Waals surface area contributed by atoms with E-state index in [1.54, 1.807) is 31.4 Å². The molecular weight excluding hydrogens is 418 g/mol. The smallest absolute Gasteiger partial charge is 0.234 e. The van der Waals surface area contributed by atoms with Crippen molar-refractivity contribution in [2.45, 2.75) is 6.04 Å². The molecule has 0 bridgehead atoms. The Morgan fingerprint density at radius 3 is 2.48 bits per heavy atom. The summed E-state index contributed by atoms with van der Waals surface area (Å²) in [5.74, 6) is 5.76. The van der Waals surface area contributed by atoms with Crippen LogP contribution >= 0.6 is 0 Å². The van der Waals surface area contributed by atoms with Crippen molar-refractivity contribution >= 4 is 22.1 Å². The molecule has 1 fully saturated rings. The number of carbonyl (C=O) groups is 1. The second kappa shape index (κ2) is 10.3. The molecule has 1 saturated heterocycles. The molecule has 0 radical (unpaired) electrons. The Morgan fingerprint density at radius 2 is 1.84 bits per heavy atom. The number of sulfonamides is 1. The van der Waals surface area contributed by atoms with Gasteiger partial charge < -0.3 is 9.64 Å². The molecule has 31 heavy (non-hydrogen) atoms. The first-order valence-electron chi connectivity index (χ1n) is 9.79. The first kappa shape index (κ1) is 22.6. The number of ether oxygens (including phenoxy) is 1. The Balaban J connectivity index is 1.67. The van der Waals surface area contributed by atoms with E-state index >= 15 is 0 Å². The number of methoxy groups -OCH3 is 1. The summed E-state index contributed by atoms with van der Waals surface area (Å²) in [6, 6.07) is 15.4. The minimum atomic E-state index is -3.74. The Labute approximate surface area is 182 Å². The number of piperazine rings is 1. The number of benzene rings is 2. The van der Waals surface area contributed by atoms with Gasteiger partial charge in [0.2, 0.25) is 16.4 Å². The molecule has 0 aliphatic carbocycles. The normalized spacial score (nSPS) is 15.5. The van der Waals surface area contributed by atoms with Crippen molar-refractivity contribution in [3.8, 4) is 17.6 Å². The van der Waals surface area contributed by atoms with E-state index < -0.39 is 21.8 Å². The molecule has 1 aliphatic rings. The van der Waals surface area contributed by atoms with Crippen molar-refractivity contribution < 1.29 is 23.2 Å². The van der Waals surface area contributed by atoms with Crippen molar-refractivity contribution in [3.05, 3.63) is 60.2 Å². The first-order chi connectivity index (χ1) is 14.9. The van der Waals surface area contributed by atoms with Crippen LogP contribution in [0.4, 0.5) is 5.69 Å². The molecule has 1 unspecified atom stereocenters. The Hall–Kier alpha value is -3.06. The molecule has 1 atom stereocenters. The standard InChI is InChI=1S/C22H25N3O5S/c1-30-22-9-5-8-20(16-22)23-12-14-24(15-13-23)31(28,29)17-21(25(27)18-26)11-10-19-6-3-2-4-7-19/h2-9,16,18,21,27H,12-15,17H2,1H3. The lowest BCUT2D eigenvalue weighted by atomic mass is 10.2. The van der Waals surface area contributed by atoms with Crippen LogP contribution in [0.1, 0.15) is 5.56 Å². The first-order valence-corrected chi connectivity index (χ1v) is 11.4. The van der Waals surface area contributed by atoms with Gasteiger partial charge in [0.1, 0.15) is 11.8 Å². The molecule has 3 rings (SSSR count). The number of nitrogens with zero attached hydrogens (tertiary/aromatic N) is 3. The van der Waals surface area contributed by atoms with Crippen LogP contribution in [0.3, 0.4) is 0 Å². The van der Waals surface area contributed by atoms with Crippen LogP contribution in [-0.4, -0.2) is 74.5 Å². The zero-order valence-corrected chi connectivity index (χ0v) is 18.0. The van der Waals surface area contributed by atoms with Crippen molar-refractivity contribution in [2.75, 3.05) is 43.9 Å². The summed E-state index contributed by atoms with van der Waals surface area (Å²) in [6.45, 7) is 1.63. The number of rotatable bonds is 7. The van der Waals surface area contributed by atoms with Crippen LogP contribution in [0.5, 0.6) is 5.75 Å². The number of amides is 1. The fourth-order valence-electron chi connectivity index (χ4n) is 3.28. The second-order valence-electron chi connectivity index (χ2n) is 7.00. The fourth-order valence-corrected chi connectivity index (χ4v) is 4.85. The van der Waals surface area contributed by atoms with E-state index in [-0.39, 0.29) is 6.41 Å². The third-order valence-corrected chi connectivity index (χ3v) is 6.89. The van der Waals surface area contributed by atoms with E-state index in [4.69, 9.17) is 4.74 Å². The van der Waals surface area contributed by atoms with Gasteiger partial charge in [-0.1, -0.05) is 36.1 Å². The number of carbonyl (C=O) groups excluding carboxylic acids is 1.